The fourth-order valence-corrected chi connectivity index (χ4v) is 3.29. The van der Waals surface area contributed by atoms with Crippen molar-refractivity contribution >= 4 is 42.8 Å². The predicted octanol–water partition coefficient (Wildman–Crippen LogP) is 4.11. The normalized spacial score (nSPS) is 12.0. The van der Waals surface area contributed by atoms with E-state index in [4.69, 9.17) is 0 Å². The fourth-order valence-electron chi connectivity index (χ4n) is 3.16. The summed E-state index contributed by atoms with van der Waals surface area (Å²) < 4.78 is 22.5. The van der Waals surface area contributed by atoms with Crippen molar-refractivity contribution in [1.82, 2.24) is 9.97 Å². The number of ketones is 1. The summed E-state index contributed by atoms with van der Waals surface area (Å²) in [5.41, 5.74) is 1.94. The second kappa shape index (κ2) is 13.0. The van der Waals surface area contributed by atoms with E-state index in [0.29, 0.717) is 22.5 Å². The highest BCUT2D eigenvalue weighted by Gasteiger charge is 2.22. The summed E-state index contributed by atoms with van der Waals surface area (Å²) in [5, 5.41) is 10.1. The Balaban J connectivity index is 2.47. The molecule has 9 nitrogen and oxygen atoms in total. The lowest BCUT2D eigenvalue weighted by atomic mass is 9.97. The first-order chi connectivity index (χ1) is 16.6. The molecule has 1 aromatic carbocycles. The summed E-state index contributed by atoms with van der Waals surface area (Å²) in [7, 11) is 2.67. The van der Waals surface area contributed by atoms with Crippen LogP contribution in [-0.4, -0.2) is 53.2 Å². The van der Waals surface area contributed by atoms with Gasteiger partial charge in [0, 0.05) is 43.9 Å². The van der Waals surface area contributed by atoms with Crippen molar-refractivity contribution in [3.63, 3.8) is 0 Å². The van der Waals surface area contributed by atoms with Gasteiger partial charge in [0.1, 0.15) is 5.82 Å². The van der Waals surface area contributed by atoms with Gasteiger partial charge in [-0.15, -0.1) is 0 Å². The van der Waals surface area contributed by atoms with Crippen LogP contribution >= 0.6 is 12.9 Å². The minimum atomic E-state index is -1.01. The fraction of sp³-hybridized carbons (Fsp3) is 0.375. The second-order valence-electron chi connectivity index (χ2n) is 8.02. The van der Waals surface area contributed by atoms with Crippen LogP contribution in [0.3, 0.4) is 0 Å². The molecule has 188 valence electrons. The Morgan fingerprint density at radius 2 is 1.86 bits per heavy atom. The zero-order chi connectivity index (χ0) is 26.1. The average Bonchev–Trinajstić information content (AvgIpc) is 2.84. The van der Waals surface area contributed by atoms with Gasteiger partial charge in [0.2, 0.25) is 5.95 Å². The number of halogens is 1. The maximum absolute atomic E-state index is 13.6. The summed E-state index contributed by atoms with van der Waals surface area (Å²) in [5.74, 6) is -1.38. The number of hydrogen-bond acceptors (Lipinski definition) is 9. The van der Waals surface area contributed by atoms with Crippen molar-refractivity contribution in [1.29, 1.82) is 0 Å². The number of aromatic nitrogens is 2. The maximum atomic E-state index is 13.6. The van der Waals surface area contributed by atoms with E-state index in [1.54, 1.807) is 0 Å². The van der Waals surface area contributed by atoms with Crippen LogP contribution in [0.15, 0.2) is 30.3 Å². The number of anilines is 1. The molecule has 1 atom stereocenters. The predicted molar refractivity (Wildman–Crippen MR) is 131 cm³/mol. The molecule has 1 heterocycles. The molecule has 0 bridgehead atoms. The van der Waals surface area contributed by atoms with E-state index in [1.807, 2.05) is 13.8 Å². The zero-order valence-corrected chi connectivity index (χ0v) is 20.8. The molecule has 0 aliphatic carbocycles. The number of amides is 1. The molecule has 0 fully saturated rings. The Hall–Kier alpha value is -3.31. The smallest absolute Gasteiger partial charge is 0.428 e. The van der Waals surface area contributed by atoms with E-state index in [9.17, 15) is 23.9 Å². The number of carbonyl (C=O) groups is 3. The molecular weight excluding hydrogens is 477 g/mol. The highest BCUT2D eigenvalue weighted by atomic mass is 32.1. The van der Waals surface area contributed by atoms with Gasteiger partial charge in [0.15, 0.2) is 5.78 Å². The van der Waals surface area contributed by atoms with Crippen molar-refractivity contribution in [3.8, 4) is 11.3 Å². The van der Waals surface area contributed by atoms with Gasteiger partial charge in [-0.25, -0.2) is 24.1 Å². The SMILES string of the molecule is COC(=O)CC[C@H](O)CC(=O)/C=C/c1c(-c2ccc(F)cc2)nc(N(C)C(=O)OS)nc1C(C)C. The molecule has 35 heavy (non-hydrogen) atoms. The number of carbonyl (C=O) groups excluding carboxylic acids is 3. The Labute approximate surface area is 208 Å². The molecule has 0 aliphatic heterocycles. The van der Waals surface area contributed by atoms with E-state index < -0.39 is 24.0 Å². The van der Waals surface area contributed by atoms with Crippen molar-refractivity contribution in [2.24, 2.45) is 0 Å². The van der Waals surface area contributed by atoms with Crippen LogP contribution in [0.5, 0.6) is 0 Å². The third-order valence-electron chi connectivity index (χ3n) is 5.06. The Kier molecular flexibility index (Phi) is 10.3. The molecule has 2 aromatic rings. The average molecular weight is 506 g/mol. The summed E-state index contributed by atoms with van der Waals surface area (Å²) in [6, 6.07) is 5.60. The number of aliphatic hydroxyl groups excluding tert-OH is 1. The molecule has 0 aliphatic rings. The highest BCUT2D eigenvalue weighted by Crippen LogP contribution is 2.31. The van der Waals surface area contributed by atoms with E-state index in [2.05, 4.69) is 31.8 Å². The topological polar surface area (TPSA) is 119 Å². The Morgan fingerprint density at radius 3 is 2.43 bits per heavy atom. The molecule has 0 saturated heterocycles. The van der Waals surface area contributed by atoms with Crippen LogP contribution in [0.2, 0.25) is 0 Å². The van der Waals surface area contributed by atoms with E-state index >= 15 is 0 Å². The third kappa shape index (κ3) is 7.86. The lowest BCUT2D eigenvalue weighted by molar-refractivity contribution is -0.141. The number of rotatable bonds is 10. The van der Waals surface area contributed by atoms with E-state index in [0.717, 1.165) is 4.90 Å². The largest absolute Gasteiger partial charge is 0.469 e. The molecule has 1 amide bonds. The van der Waals surface area contributed by atoms with E-state index in [1.165, 1.54) is 50.6 Å². The number of aliphatic hydroxyl groups is 1. The quantitative estimate of drug-likeness (QED) is 0.214. The lowest BCUT2D eigenvalue weighted by Crippen LogP contribution is -2.27. The number of methoxy groups -OCH3 is 1. The highest BCUT2D eigenvalue weighted by molar-refractivity contribution is 7.75. The first-order valence-electron chi connectivity index (χ1n) is 10.8. The number of nitrogens with zero attached hydrogens (tertiary/aromatic N) is 3. The van der Waals surface area contributed by atoms with Crippen molar-refractivity contribution in [2.45, 2.75) is 45.1 Å². The summed E-state index contributed by atoms with van der Waals surface area (Å²) >= 11 is 3.53. The van der Waals surface area contributed by atoms with Crippen LogP contribution in [-0.2, 0) is 18.5 Å². The number of esters is 1. The minimum absolute atomic E-state index is 0.00158. The minimum Gasteiger partial charge on any atom is -0.469 e. The van der Waals surface area contributed by atoms with Crippen LogP contribution in [0, 0.1) is 5.82 Å². The molecule has 0 saturated carbocycles. The number of hydrogen-bond donors (Lipinski definition) is 2. The van der Waals surface area contributed by atoms with Gasteiger partial charge in [0.05, 0.1) is 24.6 Å². The zero-order valence-electron chi connectivity index (χ0n) is 19.9. The molecule has 11 heteroatoms. The van der Waals surface area contributed by atoms with Crippen molar-refractivity contribution < 1.29 is 32.8 Å². The summed E-state index contributed by atoms with van der Waals surface area (Å²) in [4.78, 5) is 45.7. The number of ether oxygens (including phenoxy) is 1. The van der Waals surface area contributed by atoms with Gasteiger partial charge in [-0.1, -0.05) is 13.8 Å². The Bertz CT molecular complexity index is 1090. The summed E-state index contributed by atoms with van der Waals surface area (Å²) in [6.45, 7) is 3.76. The monoisotopic (exact) mass is 505 g/mol. The van der Waals surface area contributed by atoms with Crippen molar-refractivity contribution in [2.75, 3.05) is 19.1 Å². The number of thiol groups is 1. The molecule has 2 rings (SSSR count). The van der Waals surface area contributed by atoms with Crippen LogP contribution < -0.4 is 4.90 Å². The van der Waals surface area contributed by atoms with Crippen molar-refractivity contribution in [3.05, 3.63) is 47.4 Å². The molecule has 1 aromatic heterocycles. The molecule has 0 unspecified atom stereocenters. The standard InChI is InChI=1S/C24H28FN3O6S/c1-14(2)21-19(11-9-17(29)13-18(30)10-12-20(31)33-4)22(15-5-7-16(25)8-6-15)27-23(26-21)28(3)24(32)34-35/h5-9,11,14,18,30,35H,10,12-13H2,1-4H3/b11-9+/t18-/m0/s1. The van der Waals surface area contributed by atoms with Crippen LogP contribution in [0.25, 0.3) is 17.3 Å². The van der Waals surface area contributed by atoms with Crippen LogP contribution in [0.4, 0.5) is 15.1 Å². The lowest BCUT2D eigenvalue weighted by Gasteiger charge is -2.19. The molecule has 0 radical (unpaired) electrons. The van der Waals surface area contributed by atoms with Gasteiger partial charge in [-0.3, -0.25) is 9.59 Å². The maximum Gasteiger partial charge on any atom is 0.428 e. The number of allylic oxidation sites excluding steroid dienone is 1. The first kappa shape index (κ1) is 27.9. The van der Waals surface area contributed by atoms with E-state index in [-0.39, 0.29) is 36.9 Å². The molecular formula is C24H28FN3O6S. The van der Waals surface area contributed by atoms with Gasteiger partial charge in [-0.05, 0) is 48.8 Å². The van der Waals surface area contributed by atoms with Gasteiger partial charge >= 0.3 is 12.1 Å². The molecule has 0 spiro atoms. The summed E-state index contributed by atoms with van der Waals surface area (Å²) in [6.07, 6.45) is 0.924. The Morgan fingerprint density at radius 1 is 1.20 bits per heavy atom. The van der Waals surface area contributed by atoms with Crippen LogP contribution in [0.1, 0.15) is 50.3 Å². The van der Waals surface area contributed by atoms with Gasteiger partial charge in [0.25, 0.3) is 0 Å². The van der Waals surface area contributed by atoms with Gasteiger partial charge < -0.3 is 14.0 Å². The molecule has 1 N–H and O–H groups in total. The second-order valence-corrected chi connectivity index (χ2v) is 8.20. The first-order valence-corrected chi connectivity index (χ1v) is 11.2. The number of benzene rings is 1. The van der Waals surface area contributed by atoms with Gasteiger partial charge in [-0.2, -0.15) is 0 Å². The third-order valence-corrected chi connectivity index (χ3v) is 5.22.